The number of hydrogen-bond acceptors (Lipinski definition) is 4. The molecule has 1 rings (SSSR count). The zero-order valence-corrected chi connectivity index (χ0v) is 7.58. The van der Waals surface area contributed by atoms with Crippen molar-refractivity contribution >= 4 is 5.69 Å². The molecular formula is C9H14N2O2. The molecule has 72 valence electrons. The number of nitrogens with two attached hydrogens (primary N) is 1. The Morgan fingerprint density at radius 2 is 2.31 bits per heavy atom. The summed E-state index contributed by atoms with van der Waals surface area (Å²) in [6, 6.07) is 5.33. The molecule has 0 aliphatic carbocycles. The van der Waals surface area contributed by atoms with Crippen LogP contribution in [-0.2, 0) is 6.61 Å². The van der Waals surface area contributed by atoms with Crippen LogP contribution in [0.5, 0.6) is 5.75 Å². The van der Waals surface area contributed by atoms with Gasteiger partial charge in [0.15, 0.2) is 0 Å². The first-order valence-electron chi connectivity index (χ1n) is 4.15. The van der Waals surface area contributed by atoms with Gasteiger partial charge in [-0.2, -0.15) is 0 Å². The van der Waals surface area contributed by atoms with Gasteiger partial charge in [-0.15, -0.1) is 0 Å². The highest BCUT2D eigenvalue weighted by Gasteiger charge is 2.02. The molecule has 0 atom stereocenters. The first kappa shape index (κ1) is 9.83. The van der Waals surface area contributed by atoms with E-state index in [9.17, 15) is 0 Å². The van der Waals surface area contributed by atoms with Crippen LogP contribution in [0.25, 0.3) is 0 Å². The molecule has 4 heteroatoms. The molecule has 0 aromatic heterocycles. The highest BCUT2D eigenvalue weighted by Crippen LogP contribution is 2.22. The van der Waals surface area contributed by atoms with Crippen molar-refractivity contribution in [2.75, 3.05) is 12.0 Å². The molecular weight excluding hydrogens is 168 g/mol. The molecule has 0 saturated carbocycles. The molecule has 4 N–H and O–H groups in total. The fourth-order valence-electron chi connectivity index (χ4n) is 1.09. The van der Waals surface area contributed by atoms with E-state index >= 15 is 0 Å². The SMILES string of the molecule is CCOc1ccc(NN)cc1CO. The fourth-order valence-corrected chi connectivity index (χ4v) is 1.09. The monoisotopic (exact) mass is 182 g/mol. The minimum atomic E-state index is -0.0507. The fraction of sp³-hybridized carbons (Fsp3) is 0.333. The van der Waals surface area contributed by atoms with Gasteiger partial charge in [0.2, 0.25) is 0 Å². The Kier molecular flexibility index (Phi) is 3.54. The molecule has 1 aromatic rings. The van der Waals surface area contributed by atoms with E-state index in [0.29, 0.717) is 12.4 Å². The molecule has 4 nitrogen and oxygen atoms in total. The number of hydrazine groups is 1. The summed E-state index contributed by atoms with van der Waals surface area (Å²) in [7, 11) is 0. The quantitative estimate of drug-likeness (QED) is 0.477. The van der Waals surface area contributed by atoms with E-state index in [1.54, 1.807) is 18.2 Å². The van der Waals surface area contributed by atoms with E-state index in [4.69, 9.17) is 15.7 Å². The van der Waals surface area contributed by atoms with Crippen LogP contribution in [-0.4, -0.2) is 11.7 Å². The average molecular weight is 182 g/mol. The van der Waals surface area contributed by atoms with Crippen LogP contribution >= 0.6 is 0 Å². The predicted octanol–water partition coefficient (Wildman–Crippen LogP) is 0.863. The van der Waals surface area contributed by atoms with Gasteiger partial charge in [0, 0.05) is 11.3 Å². The lowest BCUT2D eigenvalue weighted by Crippen LogP contribution is -2.07. The van der Waals surface area contributed by atoms with Gasteiger partial charge in [-0.25, -0.2) is 0 Å². The average Bonchev–Trinajstić information content (AvgIpc) is 2.19. The second-order valence-electron chi connectivity index (χ2n) is 2.56. The number of ether oxygens (including phenoxy) is 1. The molecule has 0 saturated heterocycles. The van der Waals surface area contributed by atoms with Crippen LogP contribution in [0.1, 0.15) is 12.5 Å². The third-order valence-electron chi connectivity index (χ3n) is 1.70. The number of anilines is 1. The zero-order valence-electron chi connectivity index (χ0n) is 7.58. The van der Waals surface area contributed by atoms with Gasteiger partial charge in [-0.3, -0.25) is 5.84 Å². The van der Waals surface area contributed by atoms with Gasteiger partial charge in [-0.05, 0) is 25.1 Å². The number of rotatable bonds is 4. The first-order chi connectivity index (χ1) is 6.31. The third-order valence-corrected chi connectivity index (χ3v) is 1.70. The highest BCUT2D eigenvalue weighted by molar-refractivity contribution is 5.50. The van der Waals surface area contributed by atoms with Crippen LogP contribution in [0.2, 0.25) is 0 Å². The molecule has 0 heterocycles. The lowest BCUT2D eigenvalue weighted by atomic mass is 10.2. The Balaban J connectivity index is 2.93. The van der Waals surface area contributed by atoms with Crippen molar-refractivity contribution in [3.8, 4) is 5.75 Å². The van der Waals surface area contributed by atoms with E-state index in [2.05, 4.69) is 5.43 Å². The van der Waals surface area contributed by atoms with Gasteiger partial charge in [0.1, 0.15) is 5.75 Å². The van der Waals surface area contributed by atoms with E-state index in [1.165, 1.54) is 0 Å². The maximum Gasteiger partial charge on any atom is 0.124 e. The maximum atomic E-state index is 9.02. The summed E-state index contributed by atoms with van der Waals surface area (Å²) in [6.07, 6.45) is 0. The number of nitrogens with one attached hydrogen (secondary N) is 1. The van der Waals surface area contributed by atoms with Gasteiger partial charge < -0.3 is 15.3 Å². The normalized spacial score (nSPS) is 9.77. The topological polar surface area (TPSA) is 67.5 Å². The summed E-state index contributed by atoms with van der Waals surface area (Å²) in [4.78, 5) is 0. The van der Waals surface area contributed by atoms with E-state index in [0.717, 1.165) is 11.3 Å². The summed E-state index contributed by atoms with van der Waals surface area (Å²) in [5.74, 6) is 5.92. The van der Waals surface area contributed by atoms with Crippen LogP contribution in [0, 0.1) is 0 Å². The first-order valence-corrected chi connectivity index (χ1v) is 4.15. The zero-order chi connectivity index (χ0) is 9.68. The minimum Gasteiger partial charge on any atom is -0.494 e. The predicted molar refractivity (Wildman–Crippen MR) is 51.3 cm³/mol. The molecule has 0 radical (unpaired) electrons. The molecule has 13 heavy (non-hydrogen) atoms. The van der Waals surface area contributed by atoms with Gasteiger partial charge in [-0.1, -0.05) is 0 Å². The smallest absolute Gasteiger partial charge is 0.124 e. The summed E-state index contributed by atoms with van der Waals surface area (Å²) >= 11 is 0. The Hall–Kier alpha value is -1.26. The molecule has 0 aliphatic rings. The van der Waals surface area contributed by atoms with Gasteiger partial charge in [0.05, 0.1) is 13.2 Å². The summed E-state index contributed by atoms with van der Waals surface area (Å²) in [5, 5.41) is 9.02. The third kappa shape index (κ3) is 2.34. The number of aliphatic hydroxyl groups is 1. The second kappa shape index (κ2) is 4.69. The van der Waals surface area contributed by atoms with Crippen molar-refractivity contribution in [3.05, 3.63) is 23.8 Å². The molecule has 0 spiro atoms. The van der Waals surface area contributed by atoms with Crippen molar-refractivity contribution in [2.45, 2.75) is 13.5 Å². The Morgan fingerprint density at radius 1 is 1.54 bits per heavy atom. The van der Waals surface area contributed by atoms with Crippen LogP contribution in [0.4, 0.5) is 5.69 Å². The highest BCUT2D eigenvalue weighted by atomic mass is 16.5. The standard InChI is InChI=1S/C9H14N2O2/c1-2-13-9-4-3-8(11-10)5-7(9)6-12/h3-5,11-12H,2,6,10H2,1H3. The van der Waals surface area contributed by atoms with Crippen molar-refractivity contribution in [1.82, 2.24) is 0 Å². The summed E-state index contributed by atoms with van der Waals surface area (Å²) in [5.41, 5.74) is 3.99. The van der Waals surface area contributed by atoms with Crippen LogP contribution < -0.4 is 16.0 Å². The second-order valence-corrected chi connectivity index (χ2v) is 2.56. The Labute approximate surface area is 77.3 Å². The number of aliphatic hydroxyl groups excluding tert-OH is 1. The van der Waals surface area contributed by atoms with Crippen LogP contribution in [0.15, 0.2) is 18.2 Å². The van der Waals surface area contributed by atoms with E-state index in [-0.39, 0.29) is 6.61 Å². The van der Waals surface area contributed by atoms with Crippen molar-refractivity contribution in [3.63, 3.8) is 0 Å². The van der Waals surface area contributed by atoms with Gasteiger partial charge >= 0.3 is 0 Å². The molecule has 0 unspecified atom stereocenters. The summed E-state index contributed by atoms with van der Waals surface area (Å²) in [6.45, 7) is 2.43. The van der Waals surface area contributed by atoms with Crippen molar-refractivity contribution < 1.29 is 9.84 Å². The number of benzene rings is 1. The molecule has 0 fully saturated rings. The maximum absolute atomic E-state index is 9.02. The summed E-state index contributed by atoms with van der Waals surface area (Å²) < 4.78 is 5.30. The molecule has 1 aromatic carbocycles. The van der Waals surface area contributed by atoms with E-state index in [1.807, 2.05) is 6.92 Å². The van der Waals surface area contributed by atoms with Crippen molar-refractivity contribution in [2.24, 2.45) is 5.84 Å². The van der Waals surface area contributed by atoms with Crippen LogP contribution in [0.3, 0.4) is 0 Å². The lowest BCUT2D eigenvalue weighted by molar-refractivity contribution is 0.267. The Bertz CT molecular complexity index is 276. The van der Waals surface area contributed by atoms with E-state index < -0.39 is 0 Å². The van der Waals surface area contributed by atoms with Gasteiger partial charge in [0.25, 0.3) is 0 Å². The van der Waals surface area contributed by atoms with Crippen molar-refractivity contribution in [1.29, 1.82) is 0 Å². The Morgan fingerprint density at radius 3 is 2.85 bits per heavy atom. The lowest BCUT2D eigenvalue weighted by Gasteiger charge is -2.09. The number of hydrogen-bond donors (Lipinski definition) is 3. The molecule has 0 amide bonds. The molecule has 0 bridgehead atoms. The minimum absolute atomic E-state index is 0.0507. The largest absolute Gasteiger partial charge is 0.494 e. The molecule has 0 aliphatic heterocycles. The number of nitrogen functional groups attached to an aromatic ring is 1.